The molecular weight excluding hydrogens is 368 g/mol. The number of likely N-dealkylation sites (N-methyl/N-ethyl adjacent to an activating group) is 1. The Hall–Kier alpha value is -2.24. The molecule has 1 aliphatic heterocycles. The fourth-order valence-electron chi connectivity index (χ4n) is 2.50. The Balaban J connectivity index is 1.96. The third-order valence-electron chi connectivity index (χ3n) is 3.89. The molecule has 134 valence electrons. The standard InChI is InChI=1S/C20H19ClN2O2S/c1-4-25-17-10-9-15(21)11-14(17)12-18-19(24)23(3)20(26-18)22-16-8-6-5-7-13(16)2/h5-12H,4H2,1-3H3/b18-12+,22-20?. The summed E-state index contributed by atoms with van der Waals surface area (Å²) in [4.78, 5) is 19.4. The van der Waals surface area contributed by atoms with E-state index in [2.05, 4.69) is 4.99 Å². The van der Waals surface area contributed by atoms with E-state index in [1.165, 1.54) is 11.8 Å². The largest absolute Gasteiger partial charge is 0.493 e. The summed E-state index contributed by atoms with van der Waals surface area (Å²) in [5.41, 5.74) is 2.70. The van der Waals surface area contributed by atoms with Crippen molar-refractivity contribution in [2.45, 2.75) is 13.8 Å². The molecule has 26 heavy (non-hydrogen) atoms. The number of halogens is 1. The number of nitrogens with zero attached hydrogens (tertiary/aromatic N) is 2. The normalized spacial score (nSPS) is 17.4. The van der Waals surface area contributed by atoms with Gasteiger partial charge in [-0.1, -0.05) is 29.8 Å². The zero-order valence-corrected chi connectivity index (χ0v) is 16.4. The molecule has 1 amide bonds. The van der Waals surface area contributed by atoms with E-state index in [4.69, 9.17) is 16.3 Å². The van der Waals surface area contributed by atoms with Crippen molar-refractivity contribution in [1.82, 2.24) is 4.90 Å². The summed E-state index contributed by atoms with van der Waals surface area (Å²) in [5, 5.41) is 1.24. The molecule has 0 N–H and O–H groups in total. The minimum absolute atomic E-state index is 0.0928. The van der Waals surface area contributed by atoms with Crippen LogP contribution in [-0.2, 0) is 4.79 Å². The highest BCUT2D eigenvalue weighted by Gasteiger charge is 2.30. The van der Waals surface area contributed by atoms with Crippen LogP contribution in [0, 0.1) is 6.92 Å². The number of amidine groups is 1. The topological polar surface area (TPSA) is 41.9 Å². The van der Waals surface area contributed by atoms with E-state index >= 15 is 0 Å². The van der Waals surface area contributed by atoms with Crippen LogP contribution in [0.4, 0.5) is 5.69 Å². The van der Waals surface area contributed by atoms with E-state index in [0.717, 1.165) is 16.8 Å². The lowest BCUT2D eigenvalue weighted by Gasteiger charge is -2.08. The number of hydrogen-bond donors (Lipinski definition) is 0. The first-order chi connectivity index (χ1) is 12.5. The number of para-hydroxylation sites is 1. The first-order valence-electron chi connectivity index (χ1n) is 8.24. The van der Waals surface area contributed by atoms with Crippen LogP contribution in [0.25, 0.3) is 6.08 Å². The molecule has 1 saturated heterocycles. The van der Waals surface area contributed by atoms with Crippen LogP contribution >= 0.6 is 23.4 Å². The van der Waals surface area contributed by atoms with E-state index in [9.17, 15) is 4.79 Å². The van der Waals surface area contributed by atoms with Crippen molar-refractivity contribution in [2.24, 2.45) is 4.99 Å². The molecule has 0 atom stereocenters. The van der Waals surface area contributed by atoms with Crippen LogP contribution in [0.5, 0.6) is 5.75 Å². The van der Waals surface area contributed by atoms with E-state index in [0.29, 0.717) is 27.5 Å². The van der Waals surface area contributed by atoms with Gasteiger partial charge in [-0.2, -0.15) is 0 Å². The van der Waals surface area contributed by atoms with Gasteiger partial charge in [-0.25, -0.2) is 4.99 Å². The lowest BCUT2D eigenvalue weighted by Crippen LogP contribution is -2.23. The van der Waals surface area contributed by atoms with Crippen LogP contribution in [0.1, 0.15) is 18.1 Å². The van der Waals surface area contributed by atoms with Gasteiger partial charge in [0.15, 0.2) is 5.17 Å². The molecule has 2 aromatic rings. The maximum absolute atomic E-state index is 12.6. The summed E-state index contributed by atoms with van der Waals surface area (Å²) in [6.45, 7) is 4.46. The minimum Gasteiger partial charge on any atom is -0.493 e. The minimum atomic E-state index is -0.0928. The number of carbonyl (C=O) groups excluding carboxylic acids is 1. The number of aliphatic imine (C=N–C) groups is 1. The van der Waals surface area contributed by atoms with Crippen molar-refractivity contribution in [3.63, 3.8) is 0 Å². The molecule has 6 heteroatoms. The smallest absolute Gasteiger partial charge is 0.266 e. The quantitative estimate of drug-likeness (QED) is 0.671. The molecule has 0 saturated carbocycles. The second-order valence-corrected chi connectivity index (χ2v) is 7.22. The molecule has 1 heterocycles. The van der Waals surface area contributed by atoms with Gasteiger partial charge in [-0.15, -0.1) is 0 Å². The van der Waals surface area contributed by atoms with Gasteiger partial charge < -0.3 is 4.74 Å². The first-order valence-corrected chi connectivity index (χ1v) is 9.43. The van der Waals surface area contributed by atoms with E-state index in [-0.39, 0.29) is 5.91 Å². The lowest BCUT2D eigenvalue weighted by atomic mass is 10.2. The Bertz CT molecular complexity index is 908. The SMILES string of the molecule is CCOc1ccc(Cl)cc1/C=C1/SC(=Nc2ccccc2C)N(C)C1=O. The second-order valence-electron chi connectivity index (χ2n) is 5.77. The Kier molecular flexibility index (Phi) is 5.69. The summed E-state index contributed by atoms with van der Waals surface area (Å²) in [6.07, 6.45) is 1.81. The number of amides is 1. The van der Waals surface area contributed by atoms with Crippen molar-refractivity contribution in [3.8, 4) is 5.75 Å². The van der Waals surface area contributed by atoms with Gasteiger partial charge in [0.05, 0.1) is 17.2 Å². The van der Waals surface area contributed by atoms with Crippen molar-refractivity contribution in [2.75, 3.05) is 13.7 Å². The van der Waals surface area contributed by atoms with Gasteiger partial charge in [0.2, 0.25) is 0 Å². The third-order valence-corrected chi connectivity index (χ3v) is 5.19. The first kappa shape index (κ1) is 18.5. The predicted octanol–water partition coefficient (Wildman–Crippen LogP) is 5.28. The van der Waals surface area contributed by atoms with Gasteiger partial charge >= 0.3 is 0 Å². The fourth-order valence-corrected chi connectivity index (χ4v) is 3.66. The molecule has 2 aromatic carbocycles. The third kappa shape index (κ3) is 3.94. The molecule has 1 fully saturated rings. The van der Waals surface area contributed by atoms with Gasteiger partial charge in [0, 0.05) is 17.6 Å². The molecule has 0 aliphatic carbocycles. The highest BCUT2D eigenvalue weighted by molar-refractivity contribution is 8.18. The average Bonchev–Trinajstić information content (AvgIpc) is 2.87. The van der Waals surface area contributed by atoms with E-state index < -0.39 is 0 Å². The summed E-state index contributed by atoms with van der Waals surface area (Å²) >= 11 is 7.46. The second kappa shape index (κ2) is 7.98. The molecule has 1 aliphatic rings. The van der Waals surface area contributed by atoms with Crippen molar-refractivity contribution >= 4 is 46.2 Å². The van der Waals surface area contributed by atoms with Crippen LogP contribution in [0.3, 0.4) is 0 Å². The van der Waals surface area contributed by atoms with E-state index in [1.54, 1.807) is 30.2 Å². The number of carbonyl (C=O) groups is 1. The van der Waals surface area contributed by atoms with Gasteiger partial charge in [0.1, 0.15) is 5.75 Å². The molecular formula is C20H19ClN2O2S. The van der Waals surface area contributed by atoms with Crippen LogP contribution in [0.2, 0.25) is 5.02 Å². The lowest BCUT2D eigenvalue weighted by molar-refractivity contribution is -0.121. The maximum atomic E-state index is 12.6. The van der Waals surface area contributed by atoms with Crippen LogP contribution < -0.4 is 4.74 Å². The Labute approximate surface area is 162 Å². The molecule has 0 bridgehead atoms. The van der Waals surface area contributed by atoms with Crippen molar-refractivity contribution in [3.05, 3.63) is 63.5 Å². The van der Waals surface area contributed by atoms with Crippen LogP contribution in [0.15, 0.2) is 52.4 Å². The Morgan fingerprint density at radius 3 is 2.77 bits per heavy atom. The molecule has 3 rings (SSSR count). The van der Waals surface area contributed by atoms with Crippen molar-refractivity contribution in [1.29, 1.82) is 0 Å². The summed E-state index contributed by atoms with van der Waals surface area (Å²) in [7, 11) is 1.73. The van der Waals surface area contributed by atoms with E-state index in [1.807, 2.05) is 44.2 Å². The maximum Gasteiger partial charge on any atom is 0.266 e. The van der Waals surface area contributed by atoms with Crippen molar-refractivity contribution < 1.29 is 9.53 Å². The Morgan fingerprint density at radius 1 is 1.27 bits per heavy atom. The number of hydrogen-bond acceptors (Lipinski definition) is 4. The van der Waals surface area contributed by atoms with Gasteiger partial charge in [0.25, 0.3) is 5.91 Å². The number of rotatable bonds is 4. The van der Waals surface area contributed by atoms with Crippen LogP contribution in [-0.4, -0.2) is 29.6 Å². The number of benzene rings is 2. The zero-order chi connectivity index (χ0) is 18.7. The van der Waals surface area contributed by atoms with Gasteiger partial charge in [-0.05, 0) is 61.5 Å². The molecule has 0 radical (unpaired) electrons. The number of aryl methyl sites for hydroxylation is 1. The number of thioether (sulfide) groups is 1. The fraction of sp³-hybridized carbons (Fsp3) is 0.200. The summed E-state index contributed by atoms with van der Waals surface area (Å²) in [5.74, 6) is 0.606. The molecule has 0 aromatic heterocycles. The molecule has 0 spiro atoms. The summed E-state index contributed by atoms with van der Waals surface area (Å²) < 4.78 is 5.63. The highest BCUT2D eigenvalue weighted by atomic mass is 35.5. The Morgan fingerprint density at radius 2 is 2.04 bits per heavy atom. The number of ether oxygens (including phenoxy) is 1. The molecule has 4 nitrogen and oxygen atoms in total. The molecule has 0 unspecified atom stereocenters. The zero-order valence-electron chi connectivity index (χ0n) is 14.8. The monoisotopic (exact) mass is 386 g/mol. The average molecular weight is 387 g/mol. The van der Waals surface area contributed by atoms with Gasteiger partial charge in [-0.3, -0.25) is 9.69 Å². The highest BCUT2D eigenvalue weighted by Crippen LogP contribution is 2.35. The predicted molar refractivity (Wildman–Crippen MR) is 109 cm³/mol. The summed E-state index contributed by atoms with van der Waals surface area (Å²) in [6, 6.07) is 13.2.